The SMILES string of the molecule is CCC(N)(CC)CNC(=O)C1CCCCN1. The Hall–Kier alpha value is -0.610. The maximum atomic E-state index is 11.8. The lowest BCUT2D eigenvalue weighted by atomic mass is 9.94. The van der Waals surface area contributed by atoms with Crippen molar-refractivity contribution in [2.24, 2.45) is 5.73 Å². The zero-order valence-corrected chi connectivity index (χ0v) is 10.5. The second-order valence-corrected chi connectivity index (χ2v) is 4.79. The van der Waals surface area contributed by atoms with Crippen LogP contribution in [0.5, 0.6) is 0 Å². The summed E-state index contributed by atoms with van der Waals surface area (Å²) in [6.07, 6.45) is 5.04. The second kappa shape index (κ2) is 6.21. The van der Waals surface area contributed by atoms with Crippen molar-refractivity contribution in [3.05, 3.63) is 0 Å². The van der Waals surface area contributed by atoms with Crippen molar-refractivity contribution in [1.29, 1.82) is 0 Å². The Bertz CT molecular complexity index is 220. The normalized spacial score (nSPS) is 21.8. The summed E-state index contributed by atoms with van der Waals surface area (Å²) in [5, 5.41) is 6.21. The third-order valence-electron chi connectivity index (χ3n) is 3.65. The molecular weight excluding hydrogens is 202 g/mol. The van der Waals surface area contributed by atoms with Crippen LogP contribution >= 0.6 is 0 Å². The van der Waals surface area contributed by atoms with Crippen LogP contribution < -0.4 is 16.4 Å². The highest BCUT2D eigenvalue weighted by atomic mass is 16.2. The molecule has 0 spiro atoms. The third kappa shape index (κ3) is 3.76. The molecule has 4 N–H and O–H groups in total. The lowest BCUT2D eigenvalue weighted by molar-refractivity contribution is -0.123. The molecule has 16 heavy (non-hydrogen) atoms. The summed E-state index contributed by atoms with van der Waals surface area (Å²) in [6, 6.07) is -0.00767. The van der Waals surface area contributed by atoms with Crippen LogP contribution in [0.15, 0.2) is 0 Å². The van der Waals surface area contributed by atoms with Gasteiger partial charge in [0, 0.05) is 12.1 Å². The summed E-state index contributed by atoms with van der Waals surface area (Å²) in [4.78, 5) is 11.8. The number of carbonyl (C=O) groups is 1. The Labute approximate surface area is 98.3 Å². The van der Waals surface area contributed by atoms with Gasteiger partial charge in [-0.25, -0.2) is 0 Å². The molecule has 0 bridgehead atoms. The van der Waals surface area contributed by atoms with Gasteiger partial charge in [0.15, 0.2) is 0 Å². The Morgan fingerprint density at radius 1 is 1.44 bits per heavy atom. The highest BCUT2D eigenvalue weighted by Gasteiger charge is 2.24. The molecular formula is C12H25N3O. The van der Waals surface area contributed by atoms with Crippen LogP contribution in [0.2, 0.25) is 0 Å². The minimum Gasteiger partial charge on any atom is -0.353 e. The highest BCUT2D eigenvalue weighted by Crippen LogP contribution is 2.11. The van der Waals surface area contributed by atoms with Crippen molar-refractivity contribution in [1.82, 2.24) is 10.6 Å². The molecule has 0 aromatic heterocycles. The van der Waals surface area contributed by atoms with Gasteiger partial charge in [0.25, 0.3) is 0 Å². The smallest absolute Gasteiger partial charge is 0.237 e. The monoisotopic (exact) mass is 227 g/mol. The molecule has 0 radical (unpaired) electrons. The lowest BCUT2D eigenvalue weighted by Crippen LogP contribution is -2.54. The van der Waals surface area contributed by atoms with Gasteiger partial charge in [-0.1, -0.05) is 20.3 Å². The van der Waals surface area contributed by atoms with Crippen molar-refractivity contribution in [2.75, 3.05) is 13.1 Å². The molecule has 1 atom stereocenters. The van der Waals surface area contributed by atoms with Crippen LogP contribution in [0.3, 0.4) is 0 Å². The predicted octanol–water partition coefficient (Wildman–Crippen LogP) is 0.762. The molecule has 1 unspecified atom stereocenters. The van der Waals surface area contributed by atoms with E-state index in [2.05, 4.69) is 24.5 Å². The van der Waals surface area contributed by atoms with Gasteiger partial charge in [0.1, 0.15) is 0 Å². The Kier molecular flexibility index (Phi) is 5.22. The average Bonchev–Trinajstić information content (AvgIpc) is 2.36. The van der Waals surface area contributed by atoms with Crippen LogP contribution in [0.25, 0.3) is 0 Å². The molecule has 1 aliphatic heterocycles. The molecule has 0 aromatic carbocycles. The van der Waals surface area contributed by atoms with E-state index in [-0.39, 0.29) is 17.5 Å². The van der Waals surface area contributed by atoms with E-state index in [1.807, 2.05) is 0 Å². The quantitative estimate of drug-likeness (QED) is 0.649. The number of carbonyl (C=O) groups excluding carboxylic acids is 1. The van der Waals surface area contributed by atoms with Gasteiger partial charge in [0.05, 0.1) is 6.04 Å². The molecule has 0 saturated carbocycles. The number of rotatable bonds is 5. The Balaban J connectivity index is 2.33. The van der Waals surface area contributed by atoms with Crippen LogP contribution in [0.4, 0.5) is 0 Å². The first-order valence-corrected chi connectivity index (χ1v) is 6.41. The van der Waals surface area contributed by atoms with Gasteiger partial charge >= 0.3 is 0 Å². The zero-order chi connectivity index (χ0) is 12.0. The topological polar surface area (TPSA) is 67.1 Å². The molecule has 1 heterocycles. The first-order valence-electron chi connectivity index (χ1n) is 6.41. The van der Waals surface area contributed by atoms with Gasteiger partial charge in [-0.15, -0.1) is 0 Å². The number of piperidine rings is 1. The lowest BCUT2D eigenvalue weighted by Gasteiger charge is -2.29. The van der Waals surface area contributed by atoms with E-state index in [9.17, 15) is 4.79 Å². The molecule has 1 fully saturated rings. The first-order chi connectivity index (χ1) is 7.61. The van der Waals surface area contributed by atoms with Gasteiger partial charge in [-0.05, 0) is 32.2 Å². The molecule has 0 aliphatic carbocycles. The van der Waals surface area contributed by atoms with E-state index in [0.717, 1.165) is 32.2 Å². The minimum absolute atomic E-state index is 0.00767. The van der Waals surface area contributed by atoms with E-state index in [0.29, 0.717) is 6.54 Å². The number of amides is 1. The molecule has 1 rings (SSSR count). The fourth-order valence-corrected chi connectivity index (χ4v) is 1.96. The van der Waals surface area contributed by atoms with Crippen LogP contribution in [-0.2, 0) is 4.79 Å². The van der Waals surface area contributed by atoms with Gasteiger partial charge in [0.2, 0.25) is 5.91 Å². The van der Waals surface area contributed by atoms with E-state index in [1.54, 1.807) is 0 Å². The molecule has 0 aromatic rings. The van der Waals surface area contributed by atoms with Gasteiger partial charge in [-0.3, -0.25) is 4.79 Å². The summed E-state index contributed by atoms with van der Waals surface area (Å²) >= 11 is 0. The number of hydrogen-bond acceptors (Lipinski definition) is 3. The third-order valence-corrected chi connectivity index (χ3v) is 3.65. The molecule has 1 amide bonds. The first kappa shape index (κ1) is 13.5. The van der Waals surface area contributed by atoms with Crippen molar-refractivity contribution in [3.8, 4) is 0 Å². The second-order valence-electron chi connectivity index (χ2n) is 4.79. The summed E-state index contributed by atoms with van der Waals surface area (Å²) in [7, 11) is 0. The summed E-state index contributed by atoms with van der Waals surface area (Å²) in [5.74, 6) is 0.108. The van der Waals surface area contributed by atoms with Gasteiger partial charge in [-0.2, -0.15) is 0 Å². The van der Waals surface area contributed by atoms with Gasteiger partial charge < -0.3 is 16.4 Å². The van der Waals surface area contributed by atoms with E-state index in [1.165, 1.54) is 6.42 Å². The van der Waals surface area contributed by atoms with E-state index < -0.39 is 0 Å². The predicted molar refractivity (Wildman–Crippen MR) is 66.2 cm³/mol. The fourth-order valence-electron chi connectivity index (χ4n) is 1.96. The average molecular weight is 227 g/mol. The minimum atomic E-state index is -0.246. The summed E-state index contributed by atoms with van der Waals surface area (Å²) < 4.78 is 0. The number of nitrogens with two attached hydrogens (primary N) is 1. The number of hydrogen-bond donors (Lipinski definition) is 3. The molecule has 4 heteroatoms. The molecule has 4 nitrogen and oxygen atoms in total. The molecule has 1 saturated heterocycles. The van der Waals surface area contributed by atoms with E-state index in [4.69, 9.17) is 5.73 Å². The van der Waals surface area contributed by atoms with E-state index >= 15 is 0 Å². The standard InChI is InChI=1S/C12H25N3O/c1-3-12(13,4-2)9-15-11(16)10-7-5-6-8-14-10/h10,14H,3-9,13H2,1-2H3,(H,15,16). The maximum Gasteiger partial charge on any atom is 0.237 e. The largest absolute Gasteiger partial charge is 0.353 e. The summed E-state index contributed by atoms with van der Waals surface area (Å²) in [6.45, 7) is 5.66. The molecule has 1 aliphatic rings. The van der Waals surface area contributed by atoms with Crippen molar-refractivity contribution in [2.45, 2.75) is 57.5 Å². The summed E-state index contributed by atoms with van der Waals surface area (Å²) in [5.41, 5.74) is 5.89. The Morgan fingerprint density at radius 3 is 2.62 bits per heavy atom. The van der Waals surface area contributed by atoms with Crippen molar-refractivity contribution in [3.63, 3.8) is 0 Å². The fraction of sp³-hybridized carbons (Fsp3) is 0.917. The van der Waals surface area contributed by atoms with Crippen LogP contribution in [0.1, 0.15) is 46.0 Å². The number of nitrogens with one attached hydrogen (secondary N) is 2. The van der Waals surface area contributed by atoms with Crippen molar-refractivity contribution < 1.29 is 4.79 Å². The zero-order valence-electron chi connectivity index (χ0n) is 10.5. The maximum absolute atomic E-state index is 11.8. The van der Waals surface area contributed by atoms with Crippen LogP contribution in [-0.4, -0.2) is 30.6 Å². The molecule has 94 valence electrons. The van der Waals surface area contributed by atoms with Crippen LogP contribution in [0, 0.1) is 0 Å². The Morgan fingerprint density at radius 2 is 2.12 bits per heavy atom. The highest BCUT2D eigenvalue weighted by molar-refractivity contribution is 5.81. The van der Waals surface area contributed by atoms with Crippen molar-refractivity contribution >= 4 is 5.91 Å².